The SMILES string of the molecule is CCNC(=O)[C@H](CC)N(Cc1cccc(C)c1)C(=O)CN(c1cccc(Cl)c1)S(=O)(=O)c1ccc(OC)cc1. The first-order valence-corrected chi connectivity index (χ1v) is 14.5. The summed E-state index contributed by atoms with van der Waals surface area (Å²) in [5.41, 5.74) is 2.07. The van der Waals surface area contributed by atoms with Crippen LogP contribution < -0.4 is 14.4 Å². The lowest BCUT2D eigenvalue weighted by Gasteiger charge is -2.33. The van der Waals surface area contributed by atoms with Crippen molar-refractivity contribution >= 4 is 39.1 Å². The van der Waals surface area contributed by atoms with Crippen LogP contribution in [0.4, 0.5) is 5.69 Å². The molecule has 1 atom stereocenters. The predicted molar refractivity (Wildman–Crippen MR) is 153 cm³/mol. The van der Waals surface area contributed by atoms with Gasteiger partial charge < -0.3 is 15.0 Å². The third-order valence-electron chi connectivity index (χ3n) is 6.19. The zero-order valence-electron chi connectivity index (χ0n) is 22.6. The molecule has 0 spiro atoms. The van der Waals surface area contributed by atoms with Gasteiger partial charge >= 0.3 is 0 Å². The molecule has 3 aromatic rings. The van der Waals surface area contributed by atoms with Gasteiger partial charge in [-0.15, -0.1) is 0 Å². The minimum atomic E-state index is -4.20. The summed E-state index contributed by atoms with van der Waals surface area (Å²) >= 11 is 6.21. The summed E-state index contributed by atoms with van der Waals surface area (Å²) in [5.74, 6) is -0.323. The van der Waals surface area contributed by atoms with Crippen molar-refractivity contribution in [2.45, 2.75) is 44.7 Å². The van der Waals surface area contributed by atoms with E-state index in [4.69, 9.17) is 16.3 Å². The van der Waals surface area contributed by atoms with E-state index in [1.54, 1.807) is 25.1 Å². The number of hydrogen-bond acceptors (Lipinski definition) is 5. The molecule has 3 aromatic carbocycles. The number of likely N-dealkylation sites (N-methyl/N-ethyl adjacent to an activating group) is 1. The number of ether oxygens (including phenoxy) is 1. The van der Waals surface area contributed by atoms with Gasteiger partial charge in [-0.25, -0.2) is 8.42 Å². The van der Waals surface area contributed by atoms with E-state index in [1.165, 1.54) is 42.3 Å². The summed E-state index contributed by atoms with van der Waals surface area (Å²) in [4.78, 5) is 28.4. The Morgan fingerprint density at radius 2 is 1.69 bits per heavy atom. The van der Waals surface area contributed by atoms with Crippen LogP contribution in [0.1, 0.15) is 31.4 Å². The Labute approximate surface area is 235 Å². The molecule has 3 rings (SSSR count). The number of carbonyl (C=O) groups excluding carboxylic acids is 2. The molecule has 0 aromatic heterocycles. The number of nitrogens with zero attached hydrogens (tertiary/aromatic N) is 2. The number of rotatable bonds is 12. The van der Waals surface area contributed by atoms with Gasteiger partial charge in [-0.1, -0.05) is 54.4 Å². The molecular formula is C29H34ClN3O5S. The summed E-state index contributed by atoms with van der Waals surface area (Å²) in [7, 11) is -2.71. The molecule has 208 valence electrons. The molecule has 0 heterocycles. The number of sulfonamides is 1. The molecule has 0 fully saturated rings. The number of methoxy groups -OCH3 is 1. The van der Waals surface area contributed by atoms with E-state index in [0.29, 0.717) is 23.7 Å². The number of aryl methyl sites for hydroxylation is 1. The maximum Gasteiger partial charge on any atom is 0.264 e. The van der Waals surface area contributed by atoms with Crippen LogP contribution >= 0.6 is 11.6 Å². The lowest BCUT2D eigenvalue weighted by Crippen LogP contribution is -2.52. The normalized spacial score (nSPS) is 11.9. The fourth-order valence-corrected chi connectivity index (χ4v) is 5.84. The van der Waals surface area contributed by atoms with Gasteiger partial charge in [0.15, 0.2) is 0 Å². The number of benzene rings is 3. The van der Waals surface area contributed by atoms with Crippen molar-refractivity contribution in [3.63, 3.8) is 0 Å². The van der Waals surface area contributed by atoms with E-state index in [2.05, 4.69) is 5.32 Å². The van der Waals surface area contributed by atoms with Crippen LogP contribution in [0.3, 0.4) is 0 Å². The molecule has 0 bridgehead atoms. The Kier molecular flexibility index (Phi) is 10.4. The first kappa shape index (κ1) is 30.0. The molecule has 0 saturated carbocycles. The van der Waals surface area contributed by atoms with Crippen molar-refractivity contribution in [1.29, 1.82) is 0 Å². The zero-order chi connectivity index (χ0) is 28.6. The van der Waals surface area contributed by atoms with Crippen LogP contribution in [0.2, 0.25) is 5.02 Å². The van der Waals surface area contributed by atoms with E-state index in [-0.39, 0.29) is 23.0 Å². The quantitative estimate of drug-likeness (QED) is 0.337. The molecule has 0 aliphatic carbocycles. The molecular weight excluding hydrogens is 538 g/mol. The van der Waals surface area contributed by atoms with Gasteiger partial charge in [0.25, 0.3) is 10.0 Å². The van der Waals surface area contributed by atoms with Gasteiger partial charge in [0.1, 0.15) is 18.3 Å². The summed E-state index contributed by atoms with van der Waals surface area (Å²) in [6, 6.07) is 19.1. The lowest BCUT2D eigenvalue weighted by atomic mass is 10.1. The van der Waals surface area contributed by atoms with E-state index in [9.17, 15) is 18.0 Å². The Morgan fingerprint density at radius 3 is 2.28 bits per heavy atom. The smallest absolute Gasteiger partial charge is 0.264 e. The minimum Gasteiger partial charge on any atom is -0.497 e. The summed E-state index contributed by atoms with van der Waals surface area (Å²) in [6.07, 6.45) is 0.353. The summed E-state index contributed by atoms with van der Waals surface area (Å²) in [5, 5.41) is 3.11. The van der Waals surface area contributed by atoms with Gasteiger partial charge in [-0.3, -0.25) is 13.9 Å². The largest absolute Gasteiger partial charge is 0.497 e. The third kappa shape index (κ3) is 7.52. The van der Waals surface area contributed by atoms with Gasteiger partial charge in [-0.2, -0.15) is 0 Å². The monoisotopic (exact) mass is 571 g/mol. The standard InChI is InChI=1S/C29H34ClN3O5S/c1-5-27(29(35)31-6-2)32(19-22-10-7-9-21(3)17-22)28(34)20-33(24-12-8-11-23(30)18-24)39(36,37)26-15-13-25(38-4)14-16-26/h7-18,27H,5-6,19-20H2,1-4H3,(H,31,35)/t27-/m0/s1. The van der Waals surface area contributed by atoms with Gasteiger partial charge in [0.05, 0.1) is 17.7 Å². The van der Waals surface area contributed by atoms with Crippen molar-refractivity contribution in [2.24, 2.45) is 0 Å². The number of halogens is 1. The Bertz CT molecular complexity index is 1400. The Balaban J connectivity index is 2.06. The maximum atomic E-state index is 14.0. The minimum absolute atomic E-state index is 0.0166. The molecule has 0 unspecified atom stereocenters. The van der Waals surface area contributed by atoms with Crippen LogP contribution in [-0.2, 0) is 26.2 Å². The second kappa shape index (κ2) is 13.5. The van der Waals surface area contributed by atoms with E-state index < -0.39 is 28.5 Å². The van der Waals surface area contributed by atoms with Crippen molar-refractivity contribution in [2.75, 3.05) is 24.5 Å². The molecule has 2 amide bonds. The third-order valence-corrected chi connectivity index (χ3v) is 8.22. The Morgan fingerprint density at radius 1 is 1.00 bits per heavy atom. The average Bonchev–Trinajstić information content (AvgIpc) is 2.91. The highest BCUT2D eigenvalue weighted by Crippen LogP contribution is 2.28. The second-order valence-electron chi connectivity index (χ2n) is 9.00. The van der Waals surface area contributed by atoms with Gasteiger partial charge in [0.2, 0.25) is 11.8 Å². The van der Waals surface area contributed by atoms with E-state index in [0.717, 1.165) is 15.4 Å². The summed E-state index contributed by atoms with van der Waals surface area (Å²) < 4.78 is 33.9. The number of nitrogens with one attached hydrogen (secondary N) is 1. The first-order valence-electron chi connectivity index (χ1n) is 12.7. The van der Waals surface area contributed by atoms with Crippen molar-refractivity contribution in [1.82, 2.24) is 10.2 Å². The van der Waals surface area contributed by atoms with Crippen LogP contribution in [0.25, 0.3) is 0 Å². The molecule has 39 heavy (non-hydrogen) atoms. The van der Waals surface area contributed by atoms with Crippen molar-refractivity contribution in [3.05, 3.63) is 88.9 Å². The molecule has 0 saturated heterocycles. The average molecular weight is 572 g/mol. The van der Waals surface area contributed by atoms with E-state index in [1.807, 2.05) is 38.1 Å². The number of anilines is 1. The highest BCUT2D eigenvalue weighted by atomic mass is 35.5. The second-order valence-corrected chi connectivity index (χ2v) is 11.3. The molecule has 10 heteroatoms. The molecule has 8 nitrogen and oxygen atoms in total. The number of hydrogen-bond donors (Lipinski definition) is 1. The molecule has 0 radical (unpaired) electrons. The lowest BCUT2D eigenvalue weighted by molar-refractivity contribution is -0.140. The molecule has 0 aliphatic heterocycles. The number of carbonyl (C=O) groups is 2. The topological polar surface area (TPSA) is 96.0 Å². The number of amides is 2. The van der Waals surface area contributed by atoms with Crippen LogP contribution in [0.15, 0.2) is 77.7 Å². The van der Waals surface area contributed by atoms with Crippen LogP contribution in [-0.4, -0.2) is 51.4 Å². The summed E-state index contributed by atoms with van der Waals surface area (Å²) in [6.45, 7) is 5.58. The van der Waals surface area contributed by atoms with Gasteiger partial charge in [-0.05, 0) is 68.3 Å². The first-order chi connectivity index (χ1) is 18.6. The molecule has 1 N–H and O–H groups in total. The van der Waals surface area contributed by atoms with Gasteiger partial charge in [0, 0.05) is 18.1 Å². The fraction of sp³-hybridized carbons (Fsp3) is 0.310. The highest BCUT2D eigenvalue weighted by molar-refractivity contribution is 7.92. The maximum absolute atomic E-state index is 14.0. The zero-order valence-corrected chi connectivity index (χ0v) is 24.1. The van der Waals surface area contributed by atoms with Crippen molar-refractivity contribution in [3.8, 4) is 5.75 Å². The van der Waals surface area contributed by atoms with Crippen molar-refractivity contribution < 1.29 is 22.7 Å². The van der Waals surface area contributed by atoms with Crippen LogP contribution in [0.5, 0.6) is 5.75 Å². The highest BCUT2D eigenvalue weighted by Gasteiger charge is 2.33. The molecule has 0 aliphatic rings. The fourth-order valence-electron chi connectivity index (χ4n) is 4.25. The predicted octanol–water partition coefficient (Wildman–Crippen LogP) is 4.80. The Hall–Kier alpha value is -3.56. The van der Waals surface area contributed by atoms with Crippen LogP contribution in [0, 0.1) is 6.92 Å². The van der Waals surface area contributed by atoms with E-state index >= 15 is 0 Å².